The monoisotopic (exact) mass is 317 g/mol. The number of hydrogen-bond acceptors (Lipinski definition) is 5. The van der Waals surface area contributed by atoms with Gasteiger partial charge >= 0.3 is 6.09 Å². The Morgan fingerprint density at radius 1 is 1.48 bits per heavy atom. The number of ether oxygens (including phenoxy) is 1. The van der Waals surface area contributed by atoms with Crippen LogP contribution in [-0.4, -0.2) is 40.0 Å². The van der Waals surface area contributed by atoms with E-state index in [2.05, 4.69) is 4.18 Å². The molecular formula is C13H16FNO5S. The van der Waals surface area contributed by atoms with E-state index >= 15 is 0 Å². The minimum atomic E-state index is -3.51. The molecule has 1 aromatic rings. The number of anilines is 1. The molecule has 21 heavy (non-hydrogen) atoms. The number of benzene rings is 1. The van der Waals surface area contributed by atoms with Crippen LogP contribution in [0.3, 0.4) is 0 Å². The van der Waals surface area contributed by atoms with Crippen LogP contribution in [0.2, 0.25) is 0 Å². The van der Waals surface area contributed by atoms with Gasteiger partial charge in [0.1, 0.15) is 11.9 Å². The molecule has 1 unspecified atom stereocenters. The standard InChI is InChI=1S/C13H16FNO5S/c1-9-3-4-10(7-12(9)14)15-8-11(20-13(15)16)5-6-19-21(2,17)18/h3-4,7,11H,5-6,8H2,1-2H3. The number of carbonyl (C=O) groups excluding carboxylic acids is 1. The second-order valence-corrected chi connectivity index (χ2v) is 6.51. The van der Waals surface area contributed by atoms with Gasteiger partial charge in [-0.15, -0.1) is 0 Å². The molecule has 1 aliphatic heterocycles. The predicted octanol–water partition coefficient (Wildman–Crippen LogP) is 1.83. The van der Waals surface area contributed by atoms with Crippen molar-refractivity contribution in [2.75, 3.05) is 24.3 Å². The van der Waals surface area contributed by atoms with E-state index in [9.17, 15) is 17.6 Å². The molecule has 0 aliphatic carbocycles. The Kier molecular flexibility index (Phi) is 4.48. The second kappa shape index (κ2) is 5.98. The lowest BCUT2D eigenvalue weighted by atomic mass is 10.2. The first-order valence-corrected chi connectivity index (χ1v) is 8.16. The zero-order chi connectivity index (χ0) is 15.6. The normalized spacial score (nSPS) is 18.9. The van der Waals surface area contributed by atoms with E-state index in [0.717, 1.165) is 6.26 Å². The quantitative estimate of drug-likeness (QED) is 0.775. The van der Waals surface area contributed by atoms with Crippen LogP contribution in [0.15, 0.2) is 18.2 Å². The maximum Gasteiger partial charge on any atom is 0.414 e. The van der Waals surface area contributed by atoms with Crippen molar-refractivity contribution in [1.29, 1.82) is 0 Å². The van der Waals surface area contributed by atoms with Gasteiger partial charge in [0.15, 0.2) is 0 Å². The van der Waals surface area contributed by atoms with Crippen molar-refractivity contribution < 1.29 is 26.5 Å². The van der Waals surface area contributed by atoms with Crippen LogP contribution in [0.5, 0.6) is 0 Å². The molecule has 1 heterocycles. The summed E-state index contributed by atoms with van der Waals surface area (Å²) < 4.78 is 44.9. The molecule has 6 nitrogen and oxygen atoms in total. The molecule has 1 aromatic carbocycles. The van der Waals surface area contributed by atoms with Gasteiger partial charge in [-0.25, -0.2) is 9.18 Å². The number of nitrogens with zero attached hydrogens (tertiary/aromatic N) is 1. The third-order valence-corrected chi connectivity index (χ3v) is 3.67. The first kappa shape index (κ1) is 15.7. The summed E-state index contributed by atoms with van der Waals surface area (Å²) in [5, 5.41) is 0. The van der Waals surface area contributed by atoms with E-state index in [1.165, 1.54) is 11.0 Å². The average molecular weight is 317 g/mol. The lowest BCUT2D eigenvalue weighted by molar-refractivity contribution is 0.126. The summed E-state index contributed by atoms with van der Waals surface area (Å²) in [6.45, 7) is 1.80. The first-order chi connectivity index (χ1) is 9.76. The van der Waals surface area contributed by atoms with Crippen LogP contribution in [0.4, 0.5) is 14.9 Å². The Morgan fingerprint density at radius 3 is 2.81 bits per heavy atom. The van der Waals surface area contributed by atoms with Gasteiger partial charge in [0, 0.05) is 6.42 Å². The topological polar surface area (TPSA) is 72.9 Å². The van der Waals surface area contributed by atoms with Crippen molar-refractivity contribution in [2.45, 2.75) is 19.4 Å². The van der Waals surface area contributed by atoms with Crippen molar-refractivity contribution in [1.82, 2.24) is 0 Å². The predicted molar refractivity (Wildman–Crippen MR) is 74.2 cm³/mol. The molecule has 1 aliphatic rings. The maximum atomic E-state index is 13.5. The van der Waals surface area contributed by atoms with Gasteiger partial charge in [-0.1, -0.05) is 6.07 Å². The van der Waals surface area contributed by atoms with E-state index in [-0.39, 0.29) is 19.6 Å². The molecule has 8 heteroatoms. The molecule has 1 saturated heterocycles. The third-order valence-electron chi connectivity index (χ3n) is 3.08. The number of hydrogen-bond donors (Lipinski definition) is 0. The van der Waals surface area contributed by atoms with Gasteiger partial charge in [-0.05, 0) is 24.6 Å². The van der Waals surface area contributed by atoms with Gasteiger partial charge in [0.25, 0.3) is 10.1 Å². The minimum Gasteiger partial charge on any atom is -0.444 e. The van der Waals surface area contributed by atoms with Crippen molar-refractivity contribution in [2.24, 2.45) is 0 Å². The van der Waals surface area contributed by atoms with Gasteiger partial charge < -0.3 is 4.74 Å². The van der Waals surface area contributed by atoms with Crippen LogP contribution in [0, 0.1) is 12.7 Å². The molecule has 0 spiro atoms. The minimum absolute atomic E-state index is 0.0626. The zero-order valence-electron chi connectivity index (χ0n) is 11.7. The highest BCUT2D eigenvalue weighted by molar-refractivity contribution is 7.85. The summed E-state index contributed by atoms with van der Waals surface area (Å²) in [4.78, 5) is 13.1. The summed E-state index contributed by atoms with van der Waals surface area (Å²) in [6, 6.07) is 4.49. The van der Waals surface area contributed by atoms with E-state index in [1.807, 2.05) is 0 Å². The molecule has 0 N–H and O–H groups in total. The highest BCUT2D eigenvalue weighted by atomic mass is 32.2. The molecule has 1 atom stereocenters. The Morgan fingerprint density at radius 2 is 2.19 bits per heavy atom. The lowest BCUT2D eigenvalue weighted by Crippen LogP contribution is -2.25. The van der Waals surface area contributed by atoms with E-state index < -0.39 is 28.1 Å². The number of rotatable bonds is 5. The highest BCUT2D eigenvalue weighted by Gasteiger charge is 2.32. The third kappa shape index (κ3) is 4.15. The molecule has 0 aromatic heterocycles. The summed E-state index contributed by atoms with van der Waals surface area (Å²) in [5.41, 5.74) is 0.902. The number of halogens is 1. The molecule has 0 bridgehead atoms. The Balaban J connectivity index is 1.97. The van der Waals surface area contributed by atoms with Crippen molar-refractivity contribution in [3.63, 3.8) is 0 Å². The highest BCUT2D eigenvalue weighted by Crippen LogP contribution is 2.24. The second-order valence-electron chi connectivity index (χ2n) is 4.86. The van der Waals surface area contributed by atoms with Crippen LogP contribution in [0.25, 0.3) is 0 Å². The summed E-state index contributed by atoms with van der Waals surface area (Å²) >= 11 is 0. The Hall–Kier alpha value is -1.67. The van der Waals surface area contributed by atoms with E-state index in [0.29, 0.717) is 11.3 Å². The van der Waals surface area contributed by atoms with Gasteiger partial charge in [0.2, 0.25) is 0 Å². The molecule has 1 fully saturated rings. The molecule has 1 amide bonds. The summed E-state index contributed by atoms with van der Waals surface area (Å²) in [7, 11) is -3.51. The van der Waals surface area contributed by atoms with E-state index in [4.69, 9.17) is 4.74 Å². The summed E-state index contributed by atoms with van der Waals surface area (Å²) in [6.07, 6.45) is 0.143. The SMILES string of the molecule is Cc1ccc(N2CC(CCOS(C)(=O)=O)OC2=O)cc1F. The summed E-state index contributed by atoms with van der Waals surface area (Å²) in [5.74, 6) is -0.399. The van der Waals surface area contributed by atoms with E-state index in [1.54, 1.807) is 19.1 Å². The van der Waals surface area contributed by atoms with Crippen molar-refractivity contribution in [3.05, 3.63) is 29.6 Å². The largest absolute Gasteiger partial charge is 0.444 e. The molecule has 0 radical (unpaired) electrons. The van der Waals surface area contributed by atoms with Crippen molar-refractivity contribution in [3.8, 4) is 0 Å². The van der Waals surface area contributed by atoms with Gasteiger partial charge in [0.05, 0.1) is 25.1 Å². The van der Waals surface area contributed by atoms with Crippen molar-refractivity contribution >= 4 is 21.9 Å². The molecule has 116 valence electrons. The van der Waals surface area contributed by atoms with Gasteiger partial charge in [-0.3, -0.25) is 9.08 Å². The Labute approximate surface area is 122 Å². The van der Waals surface area contributed by atoms with Crippen LogP contribution >= 0.6 is 0 Å². The fourth-order valence-electron chi connectivity index (χ4n) is 1.96. The molecular weight excluding hydrogens is 301 g/mol. The number of cyclic esters (lactones) is 1. The maximum absolute atomic E-state index is 13.5. The van der Waals surface area contributed by atoms with Crippen LogP contribution < -0.4 is 4.90 Å². The number of aryl methyl sites for hydroxylation is 1. The smallest absolute Gasteiger partial charge is 0.414 e. The number of carbonyl (C=O) groups is 1. The molecule has 0 saturated carbocycles. The number of amides is 1. The average Bonchev–Trinajstić information content (AvgIpc) is 2.72. The fourth-order valence-corrected chi connectivity index (χ4v) is 2.36. The Bertz CT molecular complexity index is 646. The van der Waals surface area contributed by atoms with Crippen LogP contribution in [-0.2, 0) is 19.0 Å². The van der Waals surface area contributed by atoms with Gasteiger partial charge in [-0.2, -0.15) is 8.42 Å². The molecule has 2 rings (SSSR count). The zero-order valence-corrected chi connectivity index (χ0v) is 12.5. The first-order valence-electron chi connectivity index (χ1n) is 6.35. The lowest BCUT2D eigenvalue weighted by Gasteiger charge is -2.13. The fraction of sp³-hybridized carbons (Fsp3) is 0.462. The van der Waals surface area contributed by atoms with Crippen LogP contribution in [0.1, 0.15) is 12.0 Å².